The number of nitrogens with one attached hydrogen (secondary N) is 1. The third-order valence-electron chi connectivity index (χ3n) is 4.38. The Morgan fingerprint density at radius 2 is 2.21 bits per heavy atom. The summed E-state index contributed by atoms with van der Waals surface area (Å²) >= 11 is 0. The van der Waals surface area contributed by atoms with Crippen molar-refractivity contribution in [2.75, 3.05) is 13.1 Å². The Morgan fingerprint density at radius 1 is 1.33 bits per heavy atom. The van der Waals surface area contributed by atoms with Crippen LogP contribution in [-0.2, 0) is 0 Å². The predicted molar refractivity (Wildman–Crippen MR) is 88.0 cm³/mol. The average Bonchev–Trinajstić information content (AvgIpc) is 3.21. The first-order chi connectivity index (χ1) is 11.6. The van der Waals surface area contributed by atoms with Crippen LogP contribution in [0.3, 0.4) is 0 Å². The minimum Gasteiger partial charge on any atom is -0.337 e. The zero-order valence-electron chi connectivity index (χ0n) is 13.3. The summed E-state index contributed by atoms with van der Waals surface area (Å²) in [5.41, 5.74) is 2.57. The molecule has 3 aromatic heterocycles. The van der Waals surface area contributed by atoms with E-state index in [-0.39, 0.29) is 17.4 Å². The summed E-state index contributed by atoms with van der Waals surface area (Å²) < 4.78 is 1.44. The average molecular weight is 323 g/mol. The van der Waals surface area contributed by atoms with E-state index < -0.39 is 0 Å². The Kier molecular flexibility index (Phi) is 3.41. The van der Waals surface area contributed by atoms with Crippen LogP contribution >= 0.6 is 0 Å². The third-order valence-corrected chi connectivity index (χ3v) is 4.38. The van der Waals surface area contributed by atoms with Crippen molar-refractivity contribution in [2.45, 2.75) is 19.3 Å². The van der Waals surface area contributed by atoms with E-state index >= 15 is 0 Å². The summed E-state index contributed by atoms with van der Waals surface area (Å²) in [6.07, 6.45) is 2.41. The number of rotatable bonds is 2. The minimum atomic E-state index is -0.127. The summed E-state index contributed by atoms with van der Waals surface area (Å²) in [5, 5.41) is 2.96. The molecule has 1 amide bonds. The van der Waals surface area contributed by atoms with Gasteiger partial charge in [0.1, 0.15) is 5.69 Å². The number of pyridine rings is 1. The smallest absolute Gasteiger partial charge is 0.272 e. The van der Waals surface area contributed by atoms with Crippen molar-refractivity contribution in [3.63, 3.8) is 0 Å². The van der Waals surface area contributed by atoms with E-state index in [1.54, 1.807) is 35.4 Å². The maximum Gasteiger partial charge on any atom is 0.272 e. The van der Waals surface area contributed by atoms with E-state index in [0.29, 0.717) is 24.4 Å². The highest BCUT2D eigenvalue weighted by molar-refractivity contribution is 5.92. The molecule has 3 aromatic rings. The van der Waals surface area contributed by atoms with Gasteiger partial charge in [-0.25, -0.2) is 9.50 Å². The fourth-order valence-corrected chi connectivity index (χ4v) is 3.18. The molecule has 0 saturated carbocycles. The van der Waals surface area contributed by atoms with Crippen LogP contribution in [0.15, 0.2) is 41.3 Å². The van der Waals surface area contributed by atoms with E-state index in [4.69, 9.17) is 0 Å². The topological polar surface area (TPSA) is 83.4 Å². The molecule has 122 valence electrons. The van der Waals surface area contributed by atoms with Crippen molar-refractivity contribution in [1.82, 2.24) is 24.5 Å². The molecule has 4 heterocycles. The van der Waals surface area contributed by atoms with Gasteiger partial charge in [0.15, 0.2) is 5.65 Å². The van der Waals surface area contributed by atoms with Crippen molar-refractivity contribution < 1.29 is 4.79 Å². The highest BCUT2D eigenvalue weighted by Gasteiger charge is 2.29. The molecule has 0 unspecified atom stereocenters. The molecule has 4 rings (SSSR count). The number of amides is 1. The van der Waals surface area contributed by atoms with Crippen LogP contribution in [0, 0.1) is 6.92 Å². The van der Waals surface area contributed by atoms with Gasteiger partial charge in [-0.3, -0.25) is 19.7 Å². The number of aromatic amines is 1. The zero-order chi connectivity index (χ0) is 16.7. The molecule has 0 bridgehead atoms. The quantitative estimate of drug-likeness (QED) is 0.772. The van der Waals surface area contributed by atoms with Gasteiger partial charge in [0.2, 0.25) is 0 Å². The zero-order valence-corrected chi connectivity index (χ0v) is 13.3. The van der Waals surface area contributed by atoms with Crippen LogP contribution in [-0.4, -0.2) is 43.5 Å². The standard InChI is InChI=1S/C17H17N5O2/c1-11-8-15-19-14(9-16(23)22(15)20-11)12-5-7-21(10-12)17(24)13-4-2-3-6-18-13/h2-4,6,8-9,12,20H,5,7,10H2,1H3/t12-/m1/s1. The number of carbonyl (C=O) groups is 1. The second-order valence-electron chi connectivity index (χ2n) is 6.10. The lowest BCUT2D eigenvalue weighted by Gasteiger charge is -2.15. The van der Waals surface area contributed by atoms with Crippen molar-refractivity contribution in [3.05, 3.63) is 64.0 Å². The van der Waals surface area contributed by atoms with Crippen LogP contribution < -0.4 is 5.56 Å². The second kappa shape index (κ2) is 5.59. The van der Waals surface area contributed by atoms with Gasteiger partial charge in [-0.2, -0.15) is 0 Å². The van der Waals surface area contributed by atoms with Gasteiger partial charge in [-0.15, -0.1) is 0 Å². The van der Waals surface area contributed by atoms with Gasteiger partial charge in [0, 0.05) is 43.0 Å². The highest BCUT2D eigenvalue weighted by Crippen LogP contribution is 2.26. The Bertz CT molecular complexity index is 960. The summed E-state index contributed by atoms with van der Waals surface area (Å²) in [7, 11) is 0. The van der Waals surface area contributed by atoms with Crippen LogP contribution in [0.25, 0.3) is 5.65 Å². The summed E-state index contributed by atoms with van der Waals surface area (Å²) in [6, 6.07) is 8.71. The van der Waals surface area contributed by atoms with Crippen LogP contribution in [0.5, 0.6) is 0 Å². The number of carbonyl (C=O) groups excluding carboxylic acids is 1. The number of hydrogen-bond donors (Lipinski definition) is 1. The van der Waals surface area contributed by atoms with Gasteiger partial charge < -0.3 is 4.90 Å². The first kappa shape index (κ1) is 14.6. The molecule has 24 heavy (non-hydrogen) atoms. The van der Waals surface area contributed by atoms with Crippen LogP contribution in [0.4, 0.5) is 0 Å². The number of aromatic nitrogens is 4. The monoisotopic (exact) mass is 323 g/mol. The molecular formula is C17H17N5O2. The lowest BCUT2D eigenvalue weighted by Crippen LogP contribution is -2.29. The molecule has 1 N–H and O–H groups in total. The second-order valence-corrected chi connectivity index (χ2v) is 6.10. The van der Waals surface area contributed by atoms with Crippen LogP contribution in [0.2, 0.25) is 0 Å². The molecule has 0 aliphatic carbocycles. The van der Waals surface area contributed by atoms with Gasteiger partial charge in [0.05, 0.1) is 5.69 Å². The van der Waals surface area contributed by atoms with E-state index in [9.17, 15) is 9.59 Å². The maximum atomic E-state index is 12.5. The summed E-state index contributed by atoms with van der Waals surface area (Å²) in [6.45, 7) is 3.09. The minimum absolute atomic E-state index is 0.0746. The van der Waals surface area contributed by atoms with E-state index in [0.717, 1.165) is 17.8 Å². The predicted octanol–water partition coefficient (Wildman–Crippen LogP) is 1.36. The molecule has 0 radical (unpaired) electrons. The highest BCUT2D eigenvalue weighted by atomic mass is 16.2. The number of aryl methyl sites for hydroxylation is 1. The molecule has 7 heteroatoms. The first-order valence-corrected chi connectivity index (χ1v) is 7.91. The van der Waals surface area contributed by atoms with E-state index in [2.05, 4.69) is 15.1 Å². The van der Waals surface area contributed by atoms with Gasteiger partial charge in [-0.05, 0) is 25.5 Å². The van der Waals surface area contributed by atoms with Crippen molar-refractivity contribution in [2.24, 2.45) is 0 Å². The number of likely N-dealkylation sites (tertiary alicyclic amines) is 1. The summed E-state index contributed by atoms with van der Waals surface area (Å²) in [4.78, 5) is 35.2. The number of fused-ring (bicyclic) bond motifs is 1. The molecule has 0 spiro atoms. The van der Waals surface area contributed by atoms with Crippen molar-refractivity contribution >= 4 is 11.6 Å². The molecule has 1 saturated heterocycles. The van der Waals surface area contributed by atoms with Crippen molar-refractivity contribution in [1.29, 1.82) is 0 Å². The van der Waals surface area contributed by atoms with E-state index in [1.807, 2.05) is 13.0 Å². The van der Waals surface area contributed by atoms with Gasteiger partial charge in [0.25, 0.3) is 11.5 Å². The lowest BCUT2D eigenvalue weighted by molar-refractivity contribution is 0.0785. The normalized spacial score (nSPS) is 17.5. The van der Waals surface area contributed by atoms with Crippen molar-refractivity contribution in [3.8, 4) is 0 Å². The van der Waals surface area contributed by atoms with Gasteiger partial charge in [-0.1, -0.05) is 6.07 Å². The molecular weight excluding hydrogens is 306 g/mol. The van der Waals surface area contributed by atoms with E-state index in [1.165, 1.54) is 4.52 Å². The third kappa shape index (κ3) is 2.47. The Hall–Kier alpha value is -2.96. The lowest BCUT2D eigenvalue weighted by atomic mass is 10.0. The molecule has 0 aromatic carbocycles. The largest absolute Gasteiger partial charge is 0.337 e. The molecule has 1 aliphatic rings. The fraction of sp³-hybridized carbons (Fsp3) is 0.294. The Morgan fingerprint density at radius 3 is 3.00 bits per heavy atom. The fourth-order valence-electron chi connectivity index (χ4n) is 3.18. The first-order valence-electron chi connectivity index (χ1n) is 7.91. The number of H-pyrrole nitrogens is 1. The SMILES string of the molecule is Cc1cc2nc([C@@H]3CCN(C(=O)c4ccccn4)C3)cc(=O)n2[nH]1. The molecule has 1 atom stereocenters. The van der Waals surface area contributed by atoms with Gasteiger partial charge >= 0.3 is 0 Å². The van der Waals surface area contributed by atoms with Crippen LogP contribution in [0.1, 0.15) is 34.2 Å². The maximum absolute atomic E-state index is 12.5. The number of hydrogen-bond acceptors (Lipinski definition) is 4. The Balaban J connectivity index is 1.59. The molecule has 1 aliphatic heterocycles. The summed E-state index contributed by atoms with van der Waals surface area (Å²) in [5.74, 6) is -0.000966. The Labute approximate surface area is 138 Å². The molecule has 7 nitrogen and oxygen atoms in total. The molecule has 1 fully saturated rings. The number of nitrogens with zero attached hydrogens (tertiary/aromatic N) is 4.